The first-order valence-corrected chi connectivity index (χ1v) is 6.53. The van der Waals surface area contributed by atoms with E-state index < -0.39 is 22.8 Å². The molecule has 0 amide bonds. The summed E-state index contributed by atoms with van der Waals surface area (Å²) in [5.74, 6) is -1.51. The topological polar surface area (TPSA) is 101 Å². The maximum Gasteiger partial charge on any atom is 0.308 e. The fourth-order valence-electron chi connectivity index (χ4n) is 0.144. The van der Waals surface area contributed by atoms with Gasteiger partial charge in [-0.1, -0.05) is 0 Å². The van der Waals surface area contributed by atoms with Crippen LogP contribution in [-0.4, -0.2) is 34.2 Å². The molecule has 6 heteroatoms. The van der Waals surface area contributed by atoms with E-state index in [1.807, 2.05) is 20.8 Å². The molecule has 0 bridgehead atoms. The average Bonchev–Trinajstić information content (AvgIpc) is 2.13. The van der Waals surface area contributed by atoms with Crippen LogP contribution >= 0.6 is 0 Å². The second-order valence-electron chi connectivity index (χ2n) is 7.44. The maximum atomic E-state index is 10.0. The third kappa shape index (κ3) is 23.9. The van der Waals surface area contributed by atoms with Gasteiger partial charge < -0.3 is 14.9 Å². The van der Waals surface area contributed by atoms with Crippen molar-refractivity contribution in [3.63, 3.8) is 0 Å². The molecule has 0 spiro atoms. The van der Waals surface area contributed by atoms with Crippen LogP contribution in [0.2, 0.25) is 0 Å². The molecule has 0 radical (unpaired) electrons. The molecule has 0 aromatic carbocycles. The molecule has 0 saturated heterocycles. The smallest absolute Gasteiger partial charge is 0.308 e. The summed E-state index contributed by atoms with van der Waals surface area (Å²) in [7, 11) is 0. The van der Waals surface area contributed by atoms with E-state index in [-0.39, 0.29) is 5.60 Å². The largest absolute Gasteiger partial charge is 0.481 e. The van der Waals surface area contributed by atoms with Crippen LogP contribution in [0.25, 0.3) is 0 Å². The first kappa shape index (κ1) is 24.4. The van der Waals surface area contributed by atoms with Gasteiger partial charge in [0.15, 0.2) is 0 Å². The summed E-state index contributed by atoms with van der Waals surface area (Å²) in [4.78, 5) is 29.6. The van der Waals surface area contributed by atoms with Crippen molar-refractivity contribution < 1.29 is 29.3 Å². The zero-order valence-corrected chi connectivity index (χ0v) is 14.6. The van der Waals surface area contributed by atoms with Gasteiger partial charge in [0, 0.05) is 0 Å². The first-order chi connectivity index (χ1) is 8.95. The Morgan fingerprint density at radius 1 is 0.762 bits per heavy atom. The van der Waals surface area contributed by atoms with Crippen LogP contribution < -0.4 is 0 Å². The van der Waals surface area contributed by atoms with Crippen molar-refractivity contribution in [2.75, 3.05) is 0 Å². The maximum absolute atomic E-state index is 10.0. The summed E-state index contributed by atoms with van der Waals surface area (Å²) in [6, 6.07) is 0. The zero-order valence-electron chi connectivity index (χ0n) is 14.6. The van der Waals surface area contributed by atoms with Crippen LogP contribution in [0, 0.1) is 10.8 Å². The molecule has 0 aromatic heterocycles. The number of carboxylic acid groups (broad SMARTS) is 2. The lowest BCUT2D eigenvalue weighted by molar-refractivity contribution is -0.146. The highest BCUT2D eigenvalue weighted by Gasteiger charge is 2.19. The fourth-order valence-corrected chi connectivity index (χ4v) is 0.144. The Labute approximate surface area is 127 Å². The van der Waals surface area contributed by atoms with E-state index in [4.69, 9.17) is 10.2 Å². The van der Waals surface area contributed by atoms with Crippen LogP contribution in [-0.2, 0) is 19.1 Å². The fraction of sp³-hybridized carbons (Fsp3) is 0.800. The highest BCUT2D eigenvalue weighted by atomic mass is 16.5. The molecule has 6 nitrogen and oxygen atoms in total. The number of rotatable bonds is 1. The van der Waals surface area contributed by atoms with Gasteiger partial charge in [0.05, 0.1) is 10.8 Å². The van der Waals surface area contributed by atoms with Crippen molar-refractivity contribution in [1.29, 1.82) is 0 Å². The second kappa shape index (κ2) is 9.37. The summed E-state index contributed by atoms with van der Waals surface area (Å²) in [6.07, 6.45) is 0. The van der Waals surface area contributed by atoms with Gasteiger partial charge in [-0.3, -0.25) is 14.4 Å². The first-order valence-electron chi connectivity index (χ1n) is 6.53. The molecular formula is C15H30O6. The van der Waals surface area contributed by atoms with Crippen LogP contribution in [0.15, 0.2) is 0 Å². The number of hydrogen-bond donors (Lipinski definition) is 2. The van der Waals surface area contributed by atoms with Crippen molar-refractivity contribution in [3.05, 3.63) is 0 Å². The lowest BCUT2D eigenvalue weighted by Gasteiger charge is -2.14. The zero-order chi connectivity index (χ0) is 18.1. The number of ether oxygens (including phenoxy) is 1. The number of carbonyl (C=O) groups excluding carboxylic acids is 1. The predicted octanol–water partition coefficient (Wildman–Crippen LogP) is 3.19. The standard InChI is InChI=1S/3C5H10O2/c1-5(2,3)7-4-6;2*1-5(2,3)4(6)7/h4H,1-3H3;2*1-3H3,(H,6,7). The van der Waals surface area contributed by atoms with Gasteiger partial charge in [-0.05, 0) is 62.3 Å². The van der Waals surface area contributed by atoms with Crippen molar-refractivity contribution in [1.82, 2.24) is 0 Å². The molecule has 21 heavy (non-hydrogen) atoms. The Morgan fingerprint density at radius 2 is 0.952 bits per heavy atom. The van der Waals surface area contributed by atoms with Gasteiger partial charge in [0.2, 0.25) is 0 Å². The van der Waals surface area contributed by atoms with E-state index in [9.17, 15) is 14.4 Å². The van der Waals surface area contributed by atoms with Crippen molar-refractivity contribution in [3.8, 4) is 0 Å². The average molecular weight is 306 g/mol. The molecule has 0 unspecified atom stereocenters. The summed E-state index contributed by atoms with van der Waals surface area (Å²) in [6.45, 7) is 15.9. The Balaban J connectivity index is -0.000000231. The van der Waals surface area contributed by atoms with Crippen LogP contribution in [0.1, 0.15) is 62.3 Å². The Kier molecular flexibility index (Phi) is 10.9. The van der Waals surface area contributed by atoms with Crippen LogP contribution in [0.4, 0.5) is 0 Å². The van der Waals surface area contributed by atoms with Crippen LogP contribution in [0.5, 0.6) is 0 Å². The molecule has 0 aromatic rings. The Hall–Kier alpha value is -1.59. The predicted molar refractivity (Wildman–Crippen MR) is 81.1 cm³/mol. The lowest BCUT2D eigenvalue weighted by Crippen LogP contribution is -2.18. The van der Waals surface area contributed by atoms with Crippen molar-refractivity contribution >= 4 is 18.4 Å². The molecule has 0 aliphatic carbocycles. The van der Waals surface area contributed by atoms with E-state index in [0.717, 1.165) is 0 Å². The summed E-state index contributed by atoms with van der Waals surface area (Å²) < 4.78 is 4.55. The minimum absolute atomic E-state index is 0.318. The number of aliphatic carboxylic acids is 2. The Bertz CT molecular complexity index is 302. The van der Waals surface area contributed by atoms with Crippen molar-refractivity contribution in [2.24, 2.45) is 10.8 Å². The SMILES string of the molecule is CC(C)(C)C(=O)O.CC(C)(C)C(=O)O.CC(C)(C)OC=O. The lowest BCUT2D eigenvalue weighted by atomic mass is 9.98. The van der Waals surface area contributed by atoms with Crippen LogP contribution in [0.3, 0.4) is 0 Å². The van der Waals surface area contributed by atoms with Gasteiger partial charge in [-0.2, -0.15) is 0 Å². The number of carboxylic acids is 2. The minimum Gasteiger partial charge on any atom is -0.481 e. The van der Waals surface area contributed by atoms with Crippen molar-refractivity contribution in [2.45, 2.75) is 67.9 Å². The quantitative estimate of drug-likeness (QED) is 0.721. The third-order valence-electron chi connectivity index (χ3n) is 1.68. The van der Waals surface area contributed by atoms with E-state index in [2.05, 4.69) is 4.74 Å². The highest BCUT2D eigenvalue weighted by molar-refractivity contribution is 5.73. The van der Waals surface area contributed by atoms with E-state index in [1.165, 1.54) is 0 Å². The normalized spacial score (nSPS) is 11.1. The summed E-state index contributed by atoms with van der Waals surface area (Å²) in [5.41, 5.74) is -1.48. The molecular weight excluding hydrogens is 276 g/mol. The molecule has 0 atom stereocenters. The molecule has 0 saturated carbocycles. The van der Waals surface area contributed by atoms with E-state index in [1.54, 1.807) is 41.5 Å². The monoisotopic (exact) mass is 306 g/mol. The van der Waals surface area contributed by atoms with Gasteiger partial charge in [-0.15, -0.1) is 0 Å². The molecule has 0 rings (SSSR count). The minimum atomic E-state index is -0.757. The third-order valence-corrected chi connectivity index (χ3v) is 1.68. The molecule has 0 aliphatic heterocycles. The second-order valence-corrected chi connectivity index (χ2v) is 7.44. The van der Waals surface area contributed by atoms with Gasteiger partial charge in [-0.25, -0.2) is 0 Å². The molecule has 0 heterocycles. The molecule has 126 valence electrons. The van der Waals surface area contributed by atoms with Gasteiger partial charge >= 0.3 is 11.9 Å². The number of hydrogen-bond acceptors (Lipinski definition) is 4. The number of carbonyl (C=O) groups is 3. The van der Waals surface area contributed by atoms with Gasteiger partial charge in [0.25, 0.3) is 6.47 Å². The molecule has 0 aliphatic rings. The Morgan fingerprint density at radius 3 is 0.952 bits per heavy atom. The molecule has 0 fully saturated rings. The van der Waals surface area contributed by atoms with E-state index >= 15 is 0 Å². The summed E-state index contributed by atoms with van der Waals surface area (Å²) >= 11 is 0. The van der Waals surface area contributed by atoms with Gasteiger partial charge in [0.1, 0.15) is 5.60 Å². The highest BCUT2D eigenvalue weighted by Crippen LogP contribution is 2.11. The van der Waals surface area contributed by atoms with E-state index in [0.29, 0.717) is 6.47 Å². The molecule has 2 N–H and O–H groups in total. The summed E-state index contributed by atoms with van der Waals surface area (Å²) in [5, 5.41) is 16.5.